The lowest BCUT2D eigenvalue weighted by Crippen LogP contribution is -2.43. The molecule has 5 nitrogen and oxygen atoms in total. The van der Waals surface area contributed by atoms with E-state index in [0.29, 0.717) is 31.5 Å². The molecule has 2 aliphatic rings. The third-order valence-electron chi connectivity index (χ3n) is 5.81. The van der Waals surface area contributed by atoms with Crippen LogP contribution in [0, 0.1) is 0 Å². The van der Waals surface area contributed by atoms with E-state index in [1.54, 1.807) is 0 Å². The minimum absolute atomic E-state index is 0.0762. The molecule has 3 amide bonds. The maximum absolute atomic E-state index is 12.4. The van der Waals surface area contributed by atoms with E-state index in [9.17, 15) is 9.59 Å². The maximum atomic E-state index is 12.4. The summed E-state index contributed by atoms with van der Waals surface area (Å²) in [6.45, 7) is 0.572. The van der Waals surface area contributed by atoms with Crippen molar-refractivity contribution in [2.24, 2.45) is 0 Å². The number of nitrogens with one attached hydrogen (secondary N) is 2. The number of amides is 3. The average molecular weight is 352 g/mol. The first-order valence-electron chi connectivity index (χ1n) is 10.5. The van der Waals surface area contributed by atoms with Gasteiger partial charge in [-0.3, -0.25) is 4.79 Å². The van der Waals surface area contributed by atoms with E-state index in [1.165, 1.54) is 51.4 Å². The van der Waals surface area contributed by atoms with Crippen LogP contribution in [0.3, 0.4) is 0 Å². The van der Waals surface area contributed by atoms with Crippen LogP contribution in [0.4, 0.5) is 4.79 Å². The van der Waals surface area contributed by atoms with Gasteiger partial charge in [0.25, 0.3) is 0 Å². The second-order valence-electron chi connectivity index (χ2n) is 7.84. The highest BCUT2D eigenvalue weighted by atomic mass is 16.2. The largest absolute Gasteiger partial charge is 0.343 e. The molecular weight excluding hydrogens is 314 g/mol. The van der Waals surface area contributed by atoms with E-state index in [2.05, 4.69) is 10.6 Å². The number of carbonyl (C=O) groups is 2. The monoisotopic (exact) mass is 351 g/mol. The number of urea groups is 1. The van der Waals surface area contributed by atoms with Crippen LogP contribution in [0.5, 0.6) is 0 Å². The van der Waals surface area contributed by atoms with Crippen LogP contribution < -0.4 is 10.6 Å². The summed E-state index contributed by atoms with van der Waals surface area (Å²) in [5.41, 5.74) is 0. The third kappa shape index (κ3) is 7.66. The summed E-state index contributed by atoms with van der Waals surface area (Å²) in [6, 6.07) is 0.670. The zero-order chi connectivity index (χ0) is 17.9. The van der Waals surface area contributed by atoms with Crippen LogP contribution in [0.2, 0.25) is 0 Å². The smallest absolute Gasteiger partial charge is 0.315 e. The molecule has 2 N–H and O–H groups in total. The molecule has 0 aromatic rings. The summed E-state index contributed by atoms with van der Waals surface area (Å²) >= 11 is 0. The standard InChI is InChI=1S/C20H37N3O2/c1-23(18-13-8-3-2-4-9-14-18)19(24)15-10-16-21-20(25)22-17-11-6-5-7-12-17/h17-18H,2-16H2,1H3,(H2,21,22,25). The van der Waals surface area contributed by atoms with Crippen molar-refractivity contribution in [2.45, 2.75) is 102 Å². The van der Waals surface area contributed by atoms with Crippen molar-refractivity contribution >= 4 is 11.9 Å². The van der Waals surface area contributed by atoms with Gasteiger partial charge in [0, 0.05) is 32.1 Å². The molecule has 0 bridgehead atoms. The predicted molar refractivity (Wildman–Crippen MR) is 102 cm³/mol. The number of hydrogen-bond donors (Lipinski definition) is 2. The fourth-order valence-electron chi connectivity index (χ4n) is 4.13. The van der Waals surface area contributed by atoms with E-state index in [4.69, 9.17) is 0 Å². The van der Waals surface area contributed by atoms with Crippen molar-refractivity contribution in [3.05, 3.63) is 0 Å². The van der Waals surface area contributed by atoms with E-state index >= 15 is 0 Å². The molecule has 2 saturated carbocycles. The Balaban J connectivity index is 1.58. The Morgan fingerprint density at radius 2 is 1.44 bits per heavy atom. The van der Waals surface area contributed by atoms with Gasteiger partial charge < -0.3 is 15.5 Å². The molecule has 2 rings (SSSR count). The highest BCUT2D eigenvalue weighted by molar-refractivity contribution is 5.76. The van der Waals surface area contributed by atoms with Crippen molar-refractivity contribution in [3.63, 3.8) is 0 Å². The summed E-state index contributed by atoms with van der Waals surface area (Å²) in [5, 5.41) is 5.95. The first-order valence-corrected chi connectivity index (χ1v) is 10.5. The Hall–Kier alpha value is -1.26. The van der Waals surface area contributed by atoms with Crippen molar-refractivity contribution in [1.82, 2.24) is 15.5 Å². The second kappa shape index (κ2) is 11.4. The summed E-state index contributed by atoms with van der Waals surface area (Å²) in [7, 11) is 1.96. The normalized spacial score (nSPS) is 20.4. The van der Waals surface area contributed by atoms with Crippen molar-refractivity contribution in [2.75, 3.05) is 13.6 Å². The first kappa shape index (κ1) is 20.1. The molecule has 25 heavy (non-hydrogen) atoms. The highest BCUT2D eigenvalue weighted by Gasteiger charge is 2.20. The molecule has 0 aliphatic heterocycles. The zero-order valence-corrected chi connectivity index (χ0v) is 16.0. The van der Waals surface area contributed by atoms with Crippen LogP contribution in [-0.2, 0) is 4.79 Å². The number of nitrogens with zero attached hydrogens (tertiary/aromatic N) is 1. The molecule has 2 fully saturated rings. The lowest BCUT2D eigenvalue weighted by Gasteiger charge is -2.30. The number of carbonyl (C=O) groups excluding carboxylic acids is 2. The van der Waals surface area contributed by atoms with Crippen LogP contribution in [0.15, 0.2) is 0 Å². The van der Waals surface area contributed by atoms with E-state index in [1.807, 2.05) is 11.9 Å². The quantitative estimate of drug-likeness (QED) is 0.711. The molecule has 0 atom stereocenters. The molecule has 0 saturated heterocycles. The van der Waals surface area contributed by atoms with Gasteiger partial charge in [-0.05, 0) is 32.1 Å². The Bertz CT molecular complexity index is 400. The number of hydrogen-bond acceptors (Lipinski definition) is 2. The fourth-order valence-corrected chi connectivity index (χ4v) is 4.13. The molecule has 0 radical (unpaired) electrons. The van der Waals surface area contributed by atoms with E-state index in [-0.39, 0.29) is 11.9 Å². The summed E-state index contributed by atoms with van der Waals surface area (Å²) in [6.07, 6.45) is 15.9. The van der Waals surface area contributed by atoms with Gasteiger partial charge >= 0.3 is 6.03 Å². The minimum Gasteiger partial charge on any atom is -0.343 e. The Kier molecular flexibility index (Phi) is 9.12. The first-order chi connectivity index (χ1) is 12.2. The minimum atomic E-state index is -0.0762. The molecule has 0 heterocycles. The van der Waals surface area contributed by atoms with Gasteiger partial charge in [0.2, 0.25) is 5.91 Å². The lowest BCUT2D eigenvalue weighted by atomic mass is 9.95. The SMILES string of the molecule is CN(C(=O)CCCNC(=O)NC1CCCCC1)C1CCCCCCC1. The molecule has 0 spiro atoms. The van der Waals surface area contributed by atoms with Gasteiger partial charge in [0.1, 0.15) is 0 Å². The van der Waals surface area contributed by atoms with Crippen LogP contribution >= 0.6 is 0 Å². The Labute approximate surface area is 153 Å². The zero-order valence-electron chi connectivity index (χ0n) is 16.0. The van der Waals surface area contributed by atoms with Crippen molar-refractivity contribution in [1.29, 1.82) is 0 Å². The summed E-state index contributed by atoms with van der Waals surface area (Å²) < 4.78 is 0. The van der Waals surface area contributed by atoms with Crippen LogP contribution in [0.25, 0.3) is 0 Å². The molecule has 144 valence electrons. The van der Waals surface area contributed by atoms with Gasteiger partial charge in [0.15, 0.2) is 0 Å². The molecule has 0 aromatic heterocycles. The Morgan fingerprint density at radius 1 is 0.880 bits per heavy atom. The van der Waals surface area contributed by atoms with E-state index < -0.39 is 0 Å². The molecule has 5 heteroatoms. The van der Waals surface area contributed by atoms with Gasteiger partial charge in [-0.2, -0.15) is 0 Å². The van der Waals surface area contributed by atoms with Gasteiger partial charge in [-0.25, -0.2) is 4.79 Å². The van der Waals surface area contributed by atoms with Crippen molar-refractivity contribution < 1.29 is 9.59 Å². The molecule has 2 aliphatic carbocycles. The van der Waals surface area contributed by atoms with Gasteiger partial charge in [0.05, 0.1) is 0 Å². The van der Waals surface area contributed by atoms with Crippen molar-refractivity contribution in [3.8, 4) is 0 Å². The fraction of sp³-hybridized carbons (Fsp3) is 0.900. The Morgan fingerprint density at radius 3 is 2.12 bits per heavy atom. The number of rotatable bonds is 6. The molecule has 0 aromatic carbocycles. The summed E-state index contributed by atoms with van der Waals surface area (Å²) in [4.78, 5) is 26.3. The maximum Gasteiger partial charge on any atom is 0.315 e. The van der Waals surface area contributed by atoms with Crippen LogP contribution in [0.1, 0.15) is 89.9 Å². The average Bonchev–Trinajstić information content (AvgIpc) is 2.58. The lowest BCUT2D eigenvalue weighted by molar-refractivity contribution is -0.132. The van der Waals surface area contributed by atoms with Gasteiger partial charge in [-0.15, -0.1) is 0 Å². The van der Waals surface area contributed by atoms with Crippen LogP contribution in [-0.4, -0.2) is 42.5 Å². The van der Waals surface area contributed by atoms with E-state index in [0.717, 1.165) is 25.7 Å². The summed E-state index contributed by atoms with van der Waals surface area (Å²) in [5.74, 6) is 0.222. The predicted octanol–water partition coefficient (Wildman–Crippen LogP) is 3.97. The second-order valence-corrected chi connectivity index (χ2v) is 7.84. The highest BCUT2D eigenvalue weighted by Crippen LogP contribution is 2.21. The van der Waals surface area contributed by atoms with Gasteiger partial charge in [-0.1, -0.05) is 51.4 Å². The topological polar surface area (TPSA) is 61.4 Å². The molecular formula is C20H37N3O2. The molecule has 0 unspecified atom stereocenters. The third-order valence-corrected chi connectivity index (χ3v) is 5.81.